The molecule has 3 heteroatoms. The van der Waals surface area contributed by atoms with Crippen molar-refractivity contribution in [2.45, 2.75) is 32.4 Å². The summed E-state index contributed by atoms with van der Waals surface area (Å²) < 4.78 is 0. The Morgan fingerprint density at radius 2 is 1.88 bits per heavy atom. The Balaban J connectivity index is 1.40. The molecule has 3 nitrogen and oxygen atoms in total. The first-order valence-electron chi connectivity index (χ1n) is 8.87. The van der Waals surface area contributed by atoms with Crippen LogP contribution in [-0.4, -0.2) is 35.6 Å². The maximum atomic E-state index is 4.43. The summed E-state index contributed by atoms with van der Waals surface area (Å²) in [6.07, 6.45) is 6.57. The molecular formula is C21H27N3. The number of benzene rings is 1. The van der Waals surface area contributed by atoms with Gasteiger partial charge in [-0.2, -0.15) is 0 Å². The Bertz CT molecular complexity index is 629. The molecule has 0 radical (unpaired) electrons. The van der Waals surface area contributed by atoms with E-state index in [4.69, 9.17) is 0 Å². The van der Waals surface area contributed by atoms with Crippen LogP contribution in [0, 0.1) is 0 Å². The number of likely N-dealkylation sites (tertiary alicyclic amines) is 1. The second-order valence-corrected chi connectivity index (χ2v) is 6.65. The van der Waals surface area contributed by atoms with Crippen LogP contribution in [0.4, 0.5) is 0 Å². The molecule has 1 aliphatic heterocycles. The van der Waals surface area contributed by atoms with Gasteiger partial charge in [0, 0.05) is 38.4 Å². The van der Waals surface area contributed by atoms with E-state index < -0.39 is 0 Å². The summed E-state index contributed by atoms with van der Waals surface area (Å²) in [5.74, 6) is 0. The molecule has 0 bridgehead atoms. The molecule has 0 aliphatic carbocycles. The molecule has 0 atom stereocenters. The van der Waals surface area contributed by atoms with Gasteiger partial charge in [-0.1, -0.05) is 48.0 Å². The molecule has 0 saturated carbocycles. The molecule has 2 aromatic rings. The van der Waals surface area contributed by atoms with Crippen molar-refractivity contribution < 1.29 is 0 Å². The van der Waals surface area contributed by atoms with Crippen molar-refractivity contribution in [2.24, 2.45) is 0 Å². The lowest BCUT2D eigenvalue weighted by Crippen LogP contribution is -2.42. The molecule has 1 fully saturated rings. The zero-order chi connectivity index (χ0) is 16.6. The molecule has 1 aromatic carbocycles. The van der Waals surface area contributed by atoms with Crippen molar-refractivity contribution in [1.29, 1.82) is 0 Å². The molecule has 1 N–H and O–H groups in total. The van der Waals surface area contributed by atoms with Crippen molar-refractivity contribution in [1.82, 2.24) is 15.2 Å². The van der Waals surface area contributed by atoms with Crippen LogP contribution >= 0.6 is 0 Å². The Kier molecular flexibility index (Phi) is 6.16. The fraction of sp³-hybridized carbons (Fsp3) is 0.381. The summed E-state index contributed by atoms with van der Waals surface area (Å²) in [4.78, 5) is 6.93. The van der Waals surface area contributed by atoms with Gasteiger partial charge in [0.05, 0.1) is 5.69 Å². The second kappa shape index (κ2) is 8.76. The summed E-state index contributed by atoms with van der Waals surface area (Å²) in [5.41, 5.74) is 3.84. The van der Waals surface area contributed by atoms with Crippen LogP contribution in [0.1, 0.15) is 31.0 Å². The van der Waals surface area contributed by atoms with Crippen LogP contribution in [0.15, 0.2) is 60.3 Å². The number of piperidine rings is 1. The van der Waals surface area contributed by atoms with E-state index in [-0.39, 0.29) is 0 Å². The van der Waals surface area contributed by atoms with Gasteiger partial charge >= 0.3 is 0 Å². The quantitative estimate of drug-likeness (QED) is 0.878. The number of nitrogens with zero attached hydrogens (tertiary/aromatic N) is 2. The standard InChI is InChI=1S/C21H27N3/c1-18(15-19-7-3-2-4-8-19)16-23-20-10-13-24(14-11-20)17-21-9-5-6-12-22-21/h2-9,12,15,20,23H,10-11,13-14,16-17H2,1H3. The number of hydrogen-bond donors (Lipinski definition) is 1. The van der Waals surface area contributed by atoms with Gasteiger partial charge in [-0.3, -0.25) is 9.88 Å². The zero-order valence-electron chi connectivity index (χ0n) is 14.5. The Labute approximate surface area is 145 Å². The normalized spacial score (nSPS) is 17.1. The first-order valence-corrected chi connectivity index (χ1v) is 8.87. The predicted molar refractivity (Wildman–Crippen MR) is 101 cm³/mol. The highest BCUT2D eigenvalue weighted by Crippen LogP contribution is 2.13. The third-order valence-electron chi connectivity index (χ3n) is 4.58. The maximum Gasteiger partial charge on any atom is 0.0543 e. The van der Waals surface area contributed by atoms with Crippen LogP contribution in [0.5, 0.6) is 0 Å². The largest absolute Gasteiger partial charge is 0.310 e. The summed E-state index contributed by atoms with van der Waals surface area (Å²) in [5, 5.41) is 3.72. The van der Waals surface area contributed by atoms with E-state index in [1.165, 1.54) is 29.7 Å². The highest BCUT2D eigenvalue weighted by molar-refractivity contribution is 5.52. The maximum absolute atomic E-state index is 4.43. The molecule has 0 amide bonds. The SMILES string of the molecule is CC(=Cc1ccccc1)CNC1CCN(Cc2ccccn2)CC1. The molecule has 2 heterocycles. The van der Waals surface area contributed by atoms with E-state index in [0.29, 0.717) is 6.04 Å². The van der Waals surface area contributed by atoms with Gasteiger partial charge in [-0.25, -0.2) is 0 Å². The molecule has 0 spiro atoms. The van der Waals surface area contributed by atoms with Gasteiger partial charge in [0.15, 0.2) is 0 Å². The lowest BCUT2D eigenvalue weighted by molar-refractivity contribution is 0.190. The number of nitrogens with one attached hydrogen (secondary N) is 1. The number of pyridine rings is 1. The summed E-state index contributed by atoms with van der Waals surface area (Å²) >= 11 is 0. The summed E-state index contributed by atoms with van der Waals surface area (Å²) in [6, 6.07) is 17.3. The second-order valence-electron chi connectivity index (χ2n) is 6.65. The van der Waals surface area contributed by atoms with E-state index in [2.05, 4.69) is 70.7 Å². The average molecular weight is 321 g/mol. The molecule has 126 valence electrons. The number of aromatic nitrogens is 1. The zero-order valence-corrected chi connectivity index (χ0v) is 14.5. The Morgan fingerprint density at radius 1 is 1.12 bits per heavy atom. The lowest BCUT2D eigenvalue weighted by Gasteiger charge is -2.32. The van der Waals surface area contributed by atoms with E-state index in [1.807, 2.05) is 12.3 Å². The van der Waals surface area contributed by atoms with Gasteiger partial charge in [0.25, 0.3) is 0 Å². The van der Waals surface area contributed by atoms with Gasteiger partial charge < -0.3 is 5.32 Å². The molecule has 24 heavy (non-hydrogen) atoms. The monoisotopic (exact) mass is 321 g/mol. The van der Waals surface area contributed by atoms with Crippen molar-refractivity contribution in [3.05, 3.63) is 71.6 Å². The first kappa shape index (κ1) is 16.9. The number of hydrogen-bond acceptors (Lipinski definition) is 3. The van der Waals surface area contributed by atoms with Gasteiger partial charge in [0.1, 0.15) is 0 Å². The fourth-order valence-corrected chi connectivity index (χ4v) is 3.21. The van der Waals surface area contributed by atoms with Crippen LogP contribution in [0.2, 0.25) is 0 Å². The minimum atomic E-state index is 0.629. The molecule has 0 unspecified atom stereocenters. The smallest absolute Gasteiger partial charge is 0.0543 e. The Morgan fingerprint density at radius 3 is 2.58 bits per heavy atom. The molecule has 1 saturated heterocycles. The summed E-state index contributed by atoms with van der Waals surface area (Å²) in [7, 11) is 0. The third kappa shape index (κ3) is 5.29. The lowest BCUT2D eigenvalue weighted by atomic mass is 10.0. The van der Waals surface area contributed by atoms with Crippen LogP contribution < -0.4 is 5.32 Å². The fourth-order valence-electron chi connectivity index (χ4n) is 3.21. The van der Waals surface area contributed by atoms with Gasteiger partial charge in [-0.05, 0) is 37.5 Å². The van der Waals surface area contributed by atoms with Gasteiger partial charge in [-0.15, -0.1) is 0 Å². The molecular weight excluding hydrogens is 294 g/mol. The van der Waals surface area contributed by atoms with Crippen molar-refractivity contribution >= 4 is 6.08 Å². The van der Waals surface area contributed by atoms with Crippen molar-refractivity contribution in [2.75, 3.05) is 19.6 Å². The highest BCUT2D eigenvalue weighted by atomic mass is 15.1. The van der Waals surface area contributed by atoms with Gasteiger partial charge in [0.2, 0.25) is 0 Å². The Hall–Kier alpha value is -1.97. The molecule has 1 aromatic heterocycles. The average Bonchev–Trinajstić information content (AvgIpc) is 2.63. The van der Waals surface area contributed by atoms with Crippen molar-refractivity contribution in [3.63, 3.8) is 0 Å². The summed E-state index contributed by atoms with van der Waals surface area (Å²) in [6.45, 7) is 6.45. The highest BCUT2D eigenvalue weighted by Gasteiger charge is 2.18. The van der Waals surface area contributed by atoms with Crippen LogP contribution in [0.3, 0.4) is 0 Å². The van der Waals surface area contributed by atoms with E-state index in [1.54, 1.807) is 0 Å². The predicted octanol–water partition coefficient (Wildman–Crippen LogP) is 3.74. The minimum absolute atomic E-state index is 0.629. The van der Waals surface area contributed by atoms with E-state index in [0.717, 1.165) is 26.2 Å². The van der Waals surface area contributed by atoms with Crippen LogP contribution in [-0.2, 0) is 6.54 Å². The minimum Gasteiger partial charge on any atom is -0.310 e. The van der Waals surface area contributed by atoms with Crippen LogP contribution in [0.25, 0.3) is 6.08 Å². The third-order valence-corrected chi connectivity index (χ3v) is 4.58. The first-order chi connectivity index (χ1) is 11.8. The van der Waals surface area contributed by atoms with E-state index in [9.17, 15) is 0 Å². The molecule has 3 rings (SSSR count). The molecule has 1 aliphatic rings. The van der Waals surface area contributed by atoms with E-state index >= 15 is 0 Å². The number of rotatable bonds is 6. The van der Waals surface area contributed by atoms with Crippen molar-refractivity contribution in [3.8, 4) is 0 Å². The topological polar surface area (TPSA) is 28.2 Å².